The first-order valence-electron chi connectivity index (χ1n) is 6.63. The maximum atomic E-state index is 9.39. The summed E-state index contributed by atoms with van der Waals surface area (Å²) in [7, 11) is 0. The van der Waals surface area contributed by atoms with Crippen LogP contribution in [-0.4, -0.2) is 10.1 Å². The number of ether oxygens (including phenoxy) is 1. The SMILES string of the molecule is OCc1c(Cl)cccc1OCc1cccc2cccnc12. The molecule has 0 unspecified atom stereocenters. The number of aliphatic hydroxyl groups excluding tert-OH is 1. The van der Waals surface area contributed by atoms with Gasteiger partial charge in [-0.05, 0) is 18.2 Å². The van der Waals surface area contributed by atoms with Crippen LogP contribution in [0.15, 0.2) is 54.7 Å². The minimum atomic E-state index is -0.150. The molecule has 3 aromatic rings. The Morgan fingerprint density at radius 2 is 1.86 bits per heavy atom. The van der Waals surface area contributed by atoms with E-state index >= 15 is 0 Å². The number of nitrogens with zero attached hydrogens (tertiary/aromatic N) is 1. The topological polar surface area (TPSA) is 42.4 Å². The van der Waals surface area contributed by atoms with Crippen molar-refractivity contribution in [3.8, 4) is 5.75 Å². The number of hydrogen-bond donors (Lipinski definition) is 1. The molecule has 0 fully saturated rings. The molecule has 3 rings (SSSR count). The molecule has 0 bridgehead atoms. The molecule has 0 saturated carbocycles. The number of pyridine rings is 1. The van der Waals surface area contributed by atoms with E-state index in [0.717, 1.165) is 16.5 Å². The highest BCUT2D eigenvalue weighted by Gasteiger charge is 2.08. The van der Waals surface area contributed by atoms with Crippen molar-refractivity contribution >= 4 is 22.5 Å². The second-order valence-electron chi connectivity index (χ2n) is 4.66. The third-order valence-electron chi connectivity index (χ3n) is 3.33. The molecule has 0 amide bonds. The number of aliphatic hydroxyl groups is 1. The number of para-hydroxylation sites is 1. The van der Waals surface area contributed by atoms with Crippen LogP contribution in [0, 0.1) is 0 Å². The smallest absolute Gasteiger partial charge is 0.126 e. The number of aromatic nitrogens is 1. The summed E-state index contributed by atoms with van der Waals surface area (Å²) < 4.78 is 5.82. The molecule has 1 aromatic heterocycles. The molecule has 1 N–H and O–H groups in total. The Labute approximate surface area is 127 Å². The molecule has 106 valence electrons. The van der Waals surface area contributed by atoms with Crippen LogP contribution in [0.5, 0.6) is 5.75 Å². The molecule has 2 aromatic carbocycles. The van der Waals surface area contributed by atoms with Crippen molar-refractivity contribution < 1.29 is 9.84 Å². The normalized spacial score (nSPS) is 10.8. The van der Waals surface area contributed by atoms with Gasteiger partial charge in [0.15, 0.2) is 0 Å². The molecular weight excluding hydrogens is 286 g/mol. The van der Waals surface area contributed by atoms with Crippen molar-refractivity contribution in [1.82, 2.24) is 4.98 Å². The van der Waals surface area contributed by atoms with Crippen molar-refractivity contribution in [2.45, 2.75) is 13.2 Å². The lowest BCUT2D eigenvalue weighted by Gasteiger charge is -2.12. The van der Waals surface area contributed by atoms with Gasteiger partial charge in [-0.1, -0.05) is 41.9 Å². The molecule has 0 aliphatic rings. The van der Waals surface area contributed by atoms with Gasteiger partial charge in [0, 0.05) is 27.7 Å². The van der Waals surface area contributed by atoms with Crippen molar-refractivity contribution in [2.24, 2.45) is 0 Å². The lowest BCUT2D eigenvalue weighted by molar-refractivity contribution is 0.259. The third-order valence-corrected chi connectivity index (χ3v) is 3.69. The summed E-state index contributed by atoms with van der Waals surface area (Å²) in [4.78, 5) is 4.40. The van der Waals surface area contributed by atoms with Gasteiger partial charge in [0.2, 0.25) is 0 Å². The molecule has 4 heteroatoms. The highest BCUT2D eigenvalue weighted by Crippen LogP contribution is 2.27. The Morgan fingerprint density at radius 1 is 1.05 bits per heavy atom. The van der Waals surface area contributed by atoms with Gasteiger partial charge in [-0.2, -0.15) is 0 Å². The average Bonchev–Trinajstić information content (AvgIpc) is 2.53. The zero-order valence-corrected chi connectivity index (χ0v) is 12.0. The maximum Gasteiger partial charge on any atom is 0.126 e. The van der Waals surface area contributed by atoms with E-state index in [1.54, 1.807) is 24.4 Å². The van der Waals surface area contributed by atoms with E-state index in [9.17, 15) is 5.11 Å². The van der Waals surface area contributed by atoms with E-state index in [2.05, 4.69) is 4.98 Å². The predicted molar refractivity (Wildman–Crippen MR) is 83.4 cm³/mol. The van der Waals surface area contributed by atoms with Gasteiger partial charge in [-0.3, -0.25) is 4.98 Å². The van der Waals surface area contributed by atoms with Gasteiger partial charge in [0.1, 0.15) is 12.4 Å². The Kier molecular flexibility index (Phi) is 4.04. The Bertz CT molecular complexity index is 768. The van der Waals surface area contributed by atoms with Gasteiger partial charge in [0.05, 0.1) is 12.1 Å². The summed E-state index contributed by atoms with van der Waals surface area (Å²) >= 11 is 6.05. The van der Waals surface area contributed by atoms with Crippen LogP contribution in [-0.2, 0) is 13.2 Å². The largest absolute Gasteiger partial charge is 0.488 e. The highest BCUT2D eigenvalue weighted by atomic mass is 35.5. The molecule has 0 saturated heterocycles. The van der Waals surface area contributed by atoms with Crippen molar-refractivity contribution in [1.29, 1.82) is 0 Å². The molecule has 0 atom stereocenters. The number of halogens is 1. The quantitative estimate of drug-likeness (QED) is 0.793. The monoisotopic (exact) mass is 299 g/mol. The van der Waals surface area contributed by atoms with E-state index in [-0.39, 0.29) is 6.61 Å². The van der Waals surface area contributed by atoms with Crippen molar-refractivity contribution in [3.05, 3.63) is 70.9 Å². The van der Waals surface area contributed by atoms with E-state index in [1.165, 1.54) is 0 Å². The summed E-state index contributed by atoms with van der Waals surface area (Å²) in [6.07, 6.45) is 1.77. The second kappa shape index (κ2) is 6.12. The maximum absolute atomic E-state index is 9.39. The highest BCUT2D eigenvalue weighted by molar-refractivity contribution is 6.31. The van der Waals surface area contributed by atoms with Crippen LogP contribution in [0.1, 0.15) is 11.1 Å². The second-order valence-corrected chi connectivity index (χ2v) is 5.06. The van der Waals surface area contributed by atoms with Gasteiger partial charge in [-0.15, -0.1) is 0 Å². The third kappa shape index (κ3) is 2.84. The van der Waals surface area contributed by atoms with E-state index in [1.807, 2.05) is 30.3 Å². The van der Waals surface area contributed by atoms with E-state index < -0.39 is 0 Å². The zero-order valence-electron chi connectivity index (χ0n) is 11.3. The van der Waals surface area contributed by atoms with Gasteiger partial charge < -0.3 is 9.84 Å². The summed E-state index contributed by atoms with van der Waals surface area (Å²) in [6, 6.07) is 15.3. The summed E-state index contributed by atoms with van der Waals surface area (Å²) in [6.45, 7) is 0.227. The number of benzene rings is 2. The van der Waals surface area contributed by atoms with Crippen LogP contribution in [0.3, 0.4) is 0 Å². The summed E-state index contributed by atoms with van der Waals surface area (Å²) in [5.74, 6) is 0.595. The lowest BCUT2D eigenvalue weighted by atomic mass is 10.1. The minimum Gasteiger partial charge on any atom is -0.488 e. The average molecular weight is 300 g/mol. The minimum absolute atomic E-state index is 0.150. The van der Waals surface area contributed by atoms with Gasteiger partial charge in [0.25, 0.3) is 0 Å². The fourth-order valence-corrected chi connectivity index (χ4v) is 2.49. The van der Waals surface area contributed by atoms with Crippen LogP contribution >= 0.6 is 11.6 Å². The molecule has 0 aliphatic carbocycles. The van der Waals surface area contributed by atoms with Gasteiger partial charge in [-0.25, -0.2) is 0 Å². The fraction of sp³-hybridized carbons (Fsp3) is 0.118. The molecule has 3 nitrogen and oxygen atoms in total. The predicted octanol–water partition coefficient (Wildman–Crippen LogP) is 3.96. The molecular formula is C17H14ClNO2. The van der Waals surface area contributed by atoms with Gasteiger partial charge >= 0.3 is 0 Å². The van der Waals surface area contributed by atoms with Crippen LogP contribution in [0.2, 0.25) is 5.02 Å². The number of fused-ring (bicyclic) bond motifs is 1. The van der Waals surface area contributed by atoms with E-state index in [4.69, 9.17) is 16.3 Å². The summed E-state index contributed by atoms with van der Waals surface area (Å²) in [5.41, 5.74) is 2.52. The first-order valence-corrected chi connectivity index (χ1v) is 7.01. The van der Waals surface area contributed by atoms with Crippen molar-refractivity contribution in [3.63, 3.8) is 0 Å². The first-order chi connectivity index (χ1) is 10.3. The number of hydrogen-bond acceptors (Lipinski definition) is 3. The van der Waals surface area contributed by atoms with Crippen molar-refractivity contribution in [2.75, 3.05) is 0 Å². The zero-order chi connectivity index (χ0) is 14.7. The Balaban J connectivity index is 1.89. The molecule has 1 heterocycles. The summed E-state index contributed by atoms with van der Waals surface area (Å²) in [5, 5.41) is 11.0. The standard InChI is InChI=1S/C17H14ClNO2/c18-15-7-2-8-16(14(15)10-20)21-11-13-5-1-4-12-6-3-9-19-17(12)13/h1-9,20H,10-11H2. The molecule has 0 aliphatic heterocycles. The molecule has 21 heavy (non-hydrogen) atoms. The Morgan fingerprint density at radius 3 is 2.71 bits per heavy atom. The Hall–Kier alpha value is -2.10. The number of rotatable bonds is 4. The lowest BCUT2D eigenvalue weighted by Crippen LogP contribution is -2.00. The molecule has 0 spiro atoms. The van der Waals surface area contributed by atoms with Crippen LogP contribution < -0.4 is 4.74 Å². The van der Waals surface area contributed by atoms with Crippen LogP contribution in [0.25, 0.3) is 10.9 Å². The fourth-order valence-electron chi connectivity index (χ4n) is 2.27. The van der Waals surface area contributed by atoms with Crippen LogP contribution in [0.4, 0.5) is 0 Å². The molecule has 0 radical (unpaired) electrons. The van der Waals surface area contributed by atoms with E-state index in [0.29, 0.717) is 22.9 Å². The first kappa shape index (κ1) is 13.9.